The molecule has 0 spiro atoms. The van der Waals surface area contributed by atoms with Gasteiger partial charge in [0, 0.05) is 44.2 Å². The minimum Gasteiger partial charge on any atom is -0.494 e. The van der Waals surface area contributed by atoms with Crippen molar-refractivity contribution in [3.05, 3.63) is 29.6 Å². The zero-order valence-corrected chi connectivity index (χ0v) is 14.3. The molecule has 0 saturated carbocycles. The Labute approximate surface area is 138 Å². The van der Waals surface area contributed by atoms with Gasteiger partial charge in [-0.05, 0) is 17.7 Å². The molecule has 1 heterocycles. The molecule has 126 valence electrons. The predicted octanol–water partition coefficient (Wildman–Crippen LogP) is 2.22. The van der Waals surface area contributed by atoms with Crippen LogP contribution in [0.25, 0.3) is 0 Å². The van der Waals surface area contributed by atoms with Gasteiger partial charge in [-0.2, -0.15) is 0 Å². The molecule has 0 amide bonds. The fourth-order valence-corrected chi connectivity index (χ4v) is 3.03. The molecule has 1 aliphatic heterocycles. The van der Waals surface area contributed by atoms with E-state index in [0.29, 0.717) is 0 Å². The van der Waals surface area contributed by atoms with Gasteiger partial charge in [-0.25, -0.2) is 4.39 Å². The lowest BCUT2D eigenvalue weighted by Gasteiger charge is -2.43. The highest BCUT2D eigenvalue weighted by Gasteiger charge is 2.36. The molecule has 22 heavy (non-hydrogen) atoms. The fourth-order valence-electron chi connectivity index (χ4n) is 3.03. The van der Waals surface area contributed by atoms with E-state index in [1.54, 1.807) is 12.1 Å². The Morgan fingerprint density at radius 3 is 2.55 bits per heavy atom. The molecule has 0 bridgehead atoms. The van der Waals surface area contributed by atoms with Crippen LogP contribution in [0.5, 0.6) is 5.75 Å². The van der Waals surface area contributed by atoms with Gasteiger partial charge in [0.25, 0.3) is 0 Å². The van der Waals surface area contributed by atoms with Crippen LogP contribution in [0.3, 0.4) is 0 Å². The normalized spacial score (nSPS) is 17.7. The van der Waals surface area contributed by atoms with Crippen LogP contribution in [-0.2, 0) is 0 Å². The van der Waals surface area contributed by atoms with Crippen LogP contribution < -0.4 is 10.1 Å². The maximum Gasteiger partial charge on any atom is 0.165 e. The molecule has 0 aliphatic carbocycles. The first kappa shape index (κ1) is 19.2. The topological polar surface area (TPSA) is 44.7 Å². The van der Waals surface area contributed by atoms with Gasteiger partial charge in [0.05, 0.1) is 7.11 Å². The monoisotopic (exact) mass is 332 g/mol. The summed E-state index contributed by atoms with van der Waals surface area (Å²) in [5.74, 6) is -0.108. The van der Waals surface area contributed by atoms with E-state index in [1.165, 1.54) is 13.2 Å². The van der Waals surface area contributed by atoms with Crippen molar-refractivity contribution >= 4 is 12.4 Å². The molecule has 2 rings (SSSR count). The molecule has 1 aromatic rings. The Hall–Kier alpha value is -0.880. The third-order valence-corrected chi connectivity index (χ3v) is 4.16. The summed E-state index contributed by atoms with van der Waals surface area (Å²) in [6, 6.07) is 5.01. The molecular formula is C16H26ClFN2O2. The molecule has 1 fully saturated rings. The third kappa shape index (κ3) is 4.10. The molecule has 0 radical (unpaired) electrons. The molecule has 6 heteroatoms. The number of ether oxygens (including phenoxy) is 1. The first-order chi connectivity index (χ1) is 9.99. The molecule has 1 aliphatic rings. The van der Waals surface area contributed by atoms with E-state index in [1.807, 2.05) is 13.8 Å². The minimum atomic E-state index is -0.359. The molecule has 0 aromatic heterocycles. The first-order valence-corrected chi connectivity index (χ1v) is 7.38. The van der Waals surface area contributed by atoms with E-state index in [4.69, 9.17) is 4.74 Å². The second-order valence-corrected chi connectivity index (χ2v) is 6.23. The van der Waals surface area contributed by atoms with Crippen molar-refractivity contribution in [3.8, 4) is 5.75 Å². The van der Waals surface area contributed by atoms with E-state index in [2.05, 4.69) is 10.2 Å². The number of halogens is 2. The summed E-state index contributed by atoms with van der Waals surface area (Å²) < 4.78 is 18.8. The second kappa shape index (κ2) is 8.11. The van der Waals surface area contributed by atoms with E-state index in [9.17, 15) is 9.50 Å². The van der Waals surface area contributed by atoms with E-state index in [-0.39, 0.29) is 42.0 Å². The standard InChI is InChI=1S/C16H25FN2O2.ClH/c1-16(2,11-20)15(19-8-6-18-7-9-19)12-4-5-13(17)14(10-12)21-3;/h4-5,10,15,18,20H,6-9,11H2,1-3H3;1H/t15-;/m0./s1. The number of piperazine rings is 1. The van der Waals surface area contributed by atoms with Crippen LogP contribution in [0, 0.1) is 11.2 Å². The summed E-state index contributed by atoms with van der Waals surface area (Å²) in [4.78, 5) is 2.35. The predicted molar refractivity (Wildman–Crippen MR) is 88.3 cm³/mol. The van der Waals surface area contributed by atoms with Gasteiger partial charge in [-0.15, -0.1) is 12.4 Å². The second-order valence-electron chi connectivity index (χ2n) is 6.23. The average molecular weight is 333 g/mol. The number of nitrogens with one attached hydrogen (secondary N) is 1. The highest BCUT2D eigenvalue weighted by molar-refractivity contribution is 5.85. The summed E-state index contributed by atoms with van der Waals surface area (Å²) in [5.41, 5.74) is 0.661. The van der Waals surface area contributed by atoms with Crippen molar-refractivity contribution in [1.82, 2.24) is 10.2 Å². The molecular weight excluding hydrogens is 307 g/mol. The molecule has 4 nitrogen and oxygen atoms in total. The zero-order valence-electron chi connectivity index (χ0n) is 13.4. The van der Waals surface area contributed by atoms with Crippen molar-refractivity contribution in [2.45, 2.75) is 19.9 Å². The number of aliphatic hydroxyl groups excluding tert-OH is 1. The number of nitrogens with zero attached hydrogens (tertiary/aromatic N) is 1. The third-order valence-electron chi connectivity index (χ3n) is 4.16. The number of benzene rings is 1. The van der Waals surface area contributed by atoms with Gasteiger partial charge < -0.3 is 15.2 Å². The summed E-state index contributed by atoms with van der Waals surface area (Å²) in [6.45, 7) is 7.82. The van der Waals surface area contributed by atoms with Crippen molar-refractivity contribution in [2.24, 2.45) is 5.41 Å². The molecule has 1 aromatic carbocycles. The van der Waals surface area contributed by atoms with Crippen LogP contribution in [0.2, 0.25) is 0 Å². The minimum absolute atomic E-state index is 0. The van der Waals surface area contributed by atoms with Gasteiger partial charge in [-0.3, -0.25) is 4.90 Å². The molecule has 0 unspecified atom stereocenters. The number of methoxy groups -OCH3 is 1. The van der Waals surface area contributed by atoms with Crippen molar-refractivity contribution in [3.63, 3.8) is 0 Å². The molecule has 2 N–H and O–H groups in total. The average Bonchev–Trinajstić information content (AvgIpc) is 2.50. The van der Waals surface area contributed by atoms with Crippen LogP contribution in [0.4, 0.5) is 4.39 Å². The van der Waals surface area contributed by atoms with Gasteiger partial charge in [0.15, 0.2) is 11.6 Å². The van der Waals surface area contributed by atoms with Crippen LogP contribution >= 0.6 is 12.4 Å². The number of aliphatic hydroxyl groups is 1. The van der Waals surface area contributed by atoms with Gasteiger partial charge in [0.2, 0.25) is 0 Å². The van der Waals surface area contributed by atoms with Gasteiger partial charge >= 0.3 is 0 Å². The Balaban J connectivity index is 0.00000242. The Bertz CT molecular complexity index is 479. The molecule has 1 saturated heterocycles. The largest absolute Gasteiger partial charge is 0.494 e. The SMILES string of the molecule is COc1cc([C@H](N2CCNCC2)C(C)(C)CO)ccc1F.Cl. The van der Waals surface area contributed by atoms with E-state index in [0.717, 1.165) is 31.7 Å². The quantitative estimate of drug-likeness (QED) is 0.868. The summed E-state index contributed by atoms with van der Waals surface area (Å²) in [5, 5.41) is 13.1. The van der Waals surface area contributed by atoms with Crippen LogP contribution in [0.1, 0.15) is 25.5 Å². The van der Waals surface area contributed by atoms with E-state index < -0.39 is 0 Å². The lowest BCUT2D eigenvalue weighted by molar-refractivity contribution is 0.0304. The number of rotatable bonds is 5. The Kier molecular flexibility index (Phi) is 7.06. The number of hydrogen-bond donors (Lipinski definition) is 2. The smallest absolute Gasteiger partial charge is 0.165 e. The van der Waals surface area contributed by atoms with Crippen molar-refractivity contribution in [2.75, 3.05) is 39.9 Å². The fraction of sp³-hybridized carbons (Fsp3) is 0.625. The number of hydrogen-bond acceptors (Lipinski definition) is 4. The Morgan fingerprint density at radius 2 is 2.00 bits per heavy atom. The maximum absolute atomic E-state index is 13.7. The maximum atomic E-state index is 13.7. The zero-order chi connectivity index (χ0) is 15.5. The Morgan fingerprint density at radius 1 is 1.36 bits per heavy atom. The summed E-state index contributed by atoms with van der Waals surface area (Å²) in [7, 11) is 1.47. The molecule has 1 atom stereocenters. The van der Waals surface area contributed by atoms with Gasteiger partial charge in [-0.1, -0.05) is 19.9 Å². The first-order valence-electron chi connectivity index (χ1n) is 7.38. The van der Waals surface area contributed by atoms with Crippen LogP contribution in [0.15, 0.2) is 18.2 Å². The summed E-state index contributed by atoms with van der Waals surface area (Å²) >= 11 is 0. The summed E-state index contributed by atoms with van der Waals surface area (Å²) in [6.07, 6.45) is 0. The highest BCUT2D eigenvalue weighted by Crippen LogP contribution is 2.39. The van der Waals surface area contributed by atoms with Gasteiger partial charge in [0.1, 0.15) is 0 Å². The lowest BCUT2D eigenvalue weighted by Crippen LogP contribution is -2.49. The lowest BCUT2D eigenvalue weighted by atomic mass is 9.79. The van der Waals surface area contributed by atoms with Crippen LogP contribution in [-0.4, -0.2) is 49.9 Å². The van der Waals surface area contributed by atoms with Crippen molar-refractivity contribution in [1.29, 1.82) is 0 Å². The van der Waals surface area contributed by atoms with Crippen molar-refractivity contribution < 1.29 is 14.2 Å². The van der Waals surface area contributed by atoms with E-state index >= 15 is 0 Å². The highest BCUT2D eigenvalue weighted by atomic mass is 35.5.